The molecule has 3 aliphatic rings. The largest absolute Gasteiger partial charge is 0.317 e. The van der Waals surface area contributed by atoms with Gasteiger partial charge in [-0.25, -0.2) is 0 Å². The first kappa shape index (κ1) is 19.5. The van der Waals surface area contributed by atoms with Gasteiger partial charge in [0.15, 0.2) is 0 Å². The second kappa shape index (κ2) is 11.5. The van der Waals surface area contributed by atoms with E-state index in [0.717, 1.165) is 12.5 Å². The molecule has 3 aliphatic heterocycles. The molecule has 0 atom stereocenters. The summed E-state index contributed by atoms with van der Waals surface area (Å²) in [6.07, 6.45) is 4.11. The van der Waals surface area contributed by atoms with Crippen molar-refractivity contribution < 1.29 is 0 Å². The molecule has 0 radical (unpaired) electrons. The molecule has 6 nitrogen and oxygen atoms in total. The molecule has 0 aromatic carbocycles. The van der Waals surface area contributed by atoms with Gasteiger partial charge in [-0.2, -0.15) is 0 Å². The second-order valence-electron chi connectivity index (χ2n) is 8.01. The molecule has 0 aromatic rings. The Bertz CT molecular complexity index is 330. The predicted octanol–water partition coefficient (Wildman–Crippen LogP) is -0.511. The van der Waals surface area contributed by atoms with Crippen LogP contribution in [-0.4, -0.2) is 113 Å². The van der Waals surface area contributed by atoms with E-state index in [1.807, 2.05) is 0 Å². The van der Waals surface area contributed by atoms with Crippen molar-refractivity contribution in [2.24, 2.45) is 5.92 Å². The van der Waals surface area contributed by atoms with Crippen molar-refractivity contribution in [3.63, 3.8) is 0 Å². The molecule has 0 unspecified atom stereocenters. The summed E-state index contributed by atoms with van der Waals surface area (Å²) in [4.78, 5) is 7.90. The molecule has 0 bridgehead atoms. The molecular formula is C19H40N6. The Hall–Kier alpha value is -0.240. The SMILES string of the molecule is C1CC(CCNCCN2CCN(CCN3CCNCC3)CC2)CCN1. The first-order valence-electron chi connectivity index (χ1n) is 10.7. The average molecular weight is 353 g/mol. The Kier molecular flexibility index (Phi) is 8.95. The highest BCUT2D eigenvalue weighted by Crippen LogP contribution is 2.14. The van der Waals surface area contributed by atoms with Crippen molar-refractivity contribution in [1.29, 1.82) is 0 Å². The van der Waals surface area contributed by atoms with Gasteiger partial charge in [0.1, 0.15) is 0 Å². The molecule has 0 amide bonds. The van der Waals surface area contributed by atoms with Crippen molar-refractivity contribution in [3.8, 4) is 0 Å². The van der Waals surface area contributed by atoms with E-state index in [2.05, 4.69) is 30.7 Å². The lowest BCUT2D eigenvalue weighted by Crippen LogP contribution is -2.51. The Morgan fingerprint density at radius 2 is 1.20 bits per heavy atom. The number of rotatable bonds is 9. The summed E-state index contributed by atoms with van der Waals surface area (Å²) in [6, 6.07) is 0. The van der Waals surface area contributed by atoms with Gasteiger partial charge in [-0.15, -0.1) is 0 Å². The lowest BCUT2D eigenvalue weighted by atomic mass is 9.95. The van der Waals surface area contributed by atoms with E-state index < -0.39 is 0 Å². The molecule has 3 N–H and O–H groups in total. The van der Waals surface area contributed by atoms with Crippen LogP contribution < -0.4 is 16.0 Å². The topological polar surface area (TPSA) is 45.8 Å². The third-order valence-corrected chi connectivity index (χ3v) is 6.20. The highest BCUT2D eigenvalue weighted by atomic mass is 15.3. The van der Waals surface area contributed by atoms with Gasteiger partial charge in [0.05, 0.1) is 0 Å². The van der Waals surface area contributed by atoms with Gasteiger partial charge in [0.25, 0.3) is 0 Å². The smallest absolute Gasteiger partial charge is 0.0110 e. The minimum Gasteiger partial charge on any atom is -0.317 e. The predicted molar refractivity (Wildman–Crippen MR) is 105 cm³/mol. The molecule has 0 spiro atoms. The van der Waals surface area contributed by atoms with Crippen LogP contribution in [0.2, 0.25) is 0 Å². The fourth-order valence-corrected chi connectivity index (χ4v) is 4.29. The second-order valence-corrected chi connectivity index (χ2v) is 8.01. The van der Waals surface area contributed by atoms with Crippen molar-refractivity contribution in [2.75, 3.05) is 98.2 Å². The number of nitrogens with one attached hydrogen (secondary N) is 3. The maximum Gasteiger partial charge on any atom is 0.0110 e. The standard InChI is InChI=1S/C19H40N6/c1-4-20-5-2-19(1)3-6-21-7-12-24-14-17-25(18-15-24)16-13-23-10-8-22-9-11-23/h19-22H,1-18H2. The Balaban J connectivity index is 1.16. The quantitative estimate of drug-likeness (QED) is 0.486. The van der Waals surface area contributed by atoms with Crippen molar-refractivity contribution in [1.82, 2.24) is 30.7 Å². The molecule has 0 aliphatic carbocycles. The van der Waals surface area contributed by atoms with Crippen molar-refractivity contribution >= 4 is 0 Å². The zero-order valence-electron chi connectivity index (χ0n) is 16.1. The zero-order chi connectivity index (χ0) is 17.2. The molecule has 6 heteroatoms. The molecule has 3 heterocycles. The van der Waals surface area contributed by atoms with Crippen LogP contribution in [0, 0.1) is 5.92 Å². The Labute approximate surface area is 154 Å². The van der Waals surface area contributed by atoms with Gasteiger partial charge >= 0.3 is 0 Å². The summed E-state index contributed by atoms with van der Waals surface area (Å²) >= 11 is 0. The molecule has 3 saturated heterocycles. The van der Waals surface area contributed by atoms with E-state index >= 15 is 0 Å². The number of hydrogen-bond donors (Lipinski definition) is 3. The van der Waals surface area contributed by atoms with Crippen LogP contribution in [-0.2, 0) is 0 Å². The van der Waals surface area contributed by atoms with Crippen LogP contribution in [0.15, 0.2) is 0 Å². The molecule has 25 heavy (non-hydrogen) atoms. The first-order valence-corrected chi connectivity index (χ1v) is 10.7. The van der Waals surface area contributed by atoms with Crippen molar-refractivity contribution in [3.05, 3.63) is 0 Å². The van der Waals surface area contributed by atoms with Crippen LogP contribution in [0.4, 0.5) is 0 Å². The number of piperidine rings is 1. The zero-order valence-corrected chi connectivity index (χ0v) is 16.1. The molecule has 146 valence electrons. The maximum atomic E-state index is 3.67. The maximum absolute atomic E-state index is 3.67. The Morgan fingerprint density at radius 1 is 0.640 bits per heavy atom. The minimum atomic E-state index is 0.952. The van der Waals surface area contributed by atoms with E-state index in [4.69, 9.17) is 0 Å². The summed E-state index contributed by atoms with van der Waals surface area (Å²) in [5.74, 6) is 0.952. The normalized spacial score (nSPS) is 25.4. The highest BCUT2D eigenvalue weighted by Gasteiger charge is 2.18. The fourth-order valence-electron chi connectivity index (χ4n) is 4.29. The molecular weight excluding hydrogens is 312 g/mol. The number of piperazine rings is 2. The average Bonchev–Trinajstić information content (AvgIpc) is 2.69. The van der Waals surface area contributed by atoms with E-state index in [1.54, 1.807) is 0 Å². The summed E-state index contributed by atoms with van der Waals surface area (Å²) in [5.41, 5.74) is 0. The summed E-state index contributed by atoms with van der Waals surface area (Å²) in [6.45, 7) is 18.3. The van der Waals surface area contributed by atoms with E-state index in [0.29, 0.717) is 0 Å². The minimum absolute atomic E-state index is 0.952. The van der Waals surface area contributed by atoms with Gasteiger partial charge in [-0.05, 0) is 44.8 Å². The third kappa shape index (κ3) is 7.49. The number of nitrogens with zero attached hydrogens (tertiary/aromatic N) is 3. The third-order valence-electron chi connectivity index (χ3n) is 6.20. The molecule has 0 aromatic heterocycles. The highest BCUT2D eigenvalue weighted by molar-refractivity contribution is 4.75. The lowest BCUT2D eigenvalue weighted by molar-refractivity contribution is 0.116. The lowest BCUT2D eigenvalue weighted by Gasteiger charge is -2.36. The van der Waals surface area contributed by atoms with Crippen LogP contribution in [0.1, 0.15) is 19.3 Å². The summed E-state index contributed by atoms with van der Waals surface area (Å²) in [7, 11) is 0. The van der Waals surface area contributed by atoms with E-state index in [1.165, 1.54) is 111 Å². The Morgan fingerprint density at radius 3 is 1.88 bits per heavy atom. The molecule has 3 fully saturated rings. The van der Waals surface area contributed by atoms with Crippen LogP contribution in [0.25, 0.3) is 0 Å². The molecule has 3 rings (SSSR count). The van der Waals surface area contributed by atoms with Crippen LogP contribution in [0.5, 0.6) is 0 Å². The number of hydrogen-bond acceptors (Lipinski definition) is 6. The van der Waals surface area contributed by atoms with Gasteiger partial charge in [0, 0.05) is 78.5 Å². The van der Waals surface area contributed by atoms with E-state index in [9.17, 15) is 0 Å². The van der Waals surface area contributed by atoms with Gasteiger partial charge < -0.3 is 16.0 Å². The van der Waals surface area contributed by atoms with Gasteiger partial charge in [-0.3, -0.25) is 14.7 Å². The van der Waals surface area contributed by atoms with E-state index in [-0.39, 0.29) is 0 Å². The van der Waals surface area contributed by atoms with Gasteiger partial charge in [0.2, 0.25) is 0 Å². The monoisotopic (exact) mass is 352 g/mol. The van der Waals surface area contributed by atoms with Crippen LogP contribution >= 0.6 is 0 Å². The first-order chi connectivity index (χ1) is 12.4. The fraction of sp³-hybridized carbons (Fsp3) is 1.00. The summed E-state index contributed by atoms with van der Waals surface area (Å²) < 4.78 is 0. The van der Waals surface area contributed by atoms with Gasteiger partial charge in [-0.1, -0.05) is 0 Å². The summed E-state index contributed by atoms with van der Waals surface area (Å²) in [5, 5.41) is 10.6. The molecule has 0 saturated carbocycles. The van der Waals surface area contributed by atoms with Crippen molar-refractivity contribution in [2.45, 2.75) is 19.3 Å². The van der Waals surface area contributed by atoms with Crippen LogP contribution in [0.3, 0.4) is 0 Å².